The molecule has 2 aromatic rings. The van der Waals surface area contributed by atoms with Gasteiger partial charge in [0.1, 0.15) is 5.82 Å². The molecule has 4 heteroatoms. The summed E-state index contributed by atoms with van der Waals surface area (Å²) in [6.45, 7) is 3.04. The van der Waals surface area contributed by atoms with Gasteiger partial charge in [-0.1, -0.05) is 47.1 Å². The zero-order valence-corrected chi connectivity index (χ0v) is 14.4. The van der Waals surface area contributed by atoms with Gasteiger partial charge in [-0.2, -0.15) is 0 Å². The minimum absolute atomic E-state index is 0.204. The molecule has 0 aromatic heterocycles. The molecule has 1 N–H and O–H groups in total. The number of benzene rings is 2. The molecular weight excluding hydrogens is 349 g/mol. The van der Waals surface area contributed by atoms with Crippen molar-refractivity contribution in [1.82, 2.24) is 5.32 Å². The zero-order chi connectivity index (χ0) is 15.1. The fraction of sp³-hybridized carbons (Fsp3) is 0.294. The largest absolute Gasteiger partial charge is 0.313 e. The summed E-state index contributed by atoms with van der Waals surface area (Å²) in [5.41, 5.74) is 1.14. The van der Waals surface area contributed by atoms with Crippen LogP contribution in [0.15, 0.2) is 57.9 Å². The van der Waals surface area contributed by atoms with Gasteiger partial charge < -0.3 is 5.32 Å². The fourth-order valence-electron chi connectivity index (χ4n) is 2.14. The molecule has 0 saturated heterocycles. The average molecular weight is 368 g/mol. The number of rotatable bonds is 7. The van der Waals surface area contributed by atoms with Crippen molar-refractivity contribution in [2.45, 2.75) is 24.3 Å². The van der Waals surface area contributed by atoms with E-state index in [1.165, 1.54) is 17.0 Å². The van der Waals surface area contributed by atoms with E-state index in [-0.39, 0.29) is 5.82 Å². The normalized spacial score (nSPS) is 12.3. The Bertz CT molecular complexity index is 562. The summed E-state index contributed by atoms with van der Waals surface area (Å²) in [6.07, 6.45) is 0.883. The third-order valence-corrected chi connectivity index (χ3v) is 5.08. The Kier molecular flexibility index (Phi) is 6.74. The van der Waals surface area contributed by atoms with Crippen LogP contribution in [0.5, 0.6) is 0 Å². The van der Waals surface area contributed by atoms with Crippen LogP contribution in [0.3, 0.4) is 0 Å². The standard InChI is InChI=1S/C17H19BrFNS/c1-2-20-15(12-21-16-6-4-3-5-7-16)10-13-8-9-14(19)11-17(13)18/h3-9,11,15,20H,2,10,12H2,1H3. The number of nitrogens with one attached hydrogen (secondary N) is 1. The predicted molar refractivity (Wildman–Crippen MR) is 92.4 cm³/mol. The van der Waals surface area contributed by atoms with E-state index in [0.29, 0.717) is 6.04 Å². The third kappa shape index (κ3) is 5.46. The first-order valence-electron chi connectivity index (χ1n) is 7.04. The number of likely N-dealkylation sites (N-methyl/N-ethyl adjacent to an activating group) is 1. The van der Waals surface area contributed by atoms with Crippen LogP contribution in [0.1, 0.15) is 12.5 Å². The molecule has 0 saturated carbocycles. The third-order valence-electron chi connectivity index (χ3n) is 3.17. The molecule has 0 radical (unpaired) electrons. The van der Waals surface area contributed by atoms with Crippen LogP contribution in [0.2, 0.25) is 0 Å². The first-order valence-corrected chi connectivity index (χ1v) is 8.82. The van der Waals surface area contributed by atoms with Crippen molar-refractivity contribution < 1.29 is 4.39 Å². The van der Waals surface area contributed by atoms with E-state index in [4.69, 9.17) is 0 Å². The molecule has 0 heterocycles. The Morgan fingerprint density at radius 2 is 1.95 bits per heavy atom. The molecule has 0 fully saturated rings. The van der Waals surface area contributed by atoms with E-state index in [9.17, 15) is 4.39 Å². The van der Waals surface area contributed by atoms with Gasteiger partial charge in [0.15, 0.2) is 0 Å². The molecule has 21 heavy (non-hydrogen) atoms. The second-order valence-electron chi connectivity index (χ2n) is 4.82. The van der Waals surface area contributed by atoms with E-state index in [1.54, 1.807) is 0 Å². The van der Waals surface area contributed by atoms with Crippen LogP contribution in [0, 0.1) is 5.82 Å². The molecule has 1 atom stereocenters. The molecule has 112 valence electrons. The Balaban J connectivity index is 1.98. The van der Waals surface area contributed by atoms with Gasteiger partial charge in [0.25, 0.3) is 0 Å². The highest BCUT2D eigenvalue weighted by atomic mass is 79.9. The van der Waals surface area contributed by atoms with E-state index in [1.807, 2.05) is 23.9 Å². The highest BCUT2D eigenvalue weighted by Gasteiger charge is 2.11. The lowest BCUT2D eigenvalue weighted by Crippen LogP contribution is -2.33. The van der Waals surface area contributed by atoms with Gasteiger partial charge in [-0.15, -0.1) is 11.8 Å². The van der Waals surface area contributed by atoms with Gasteiger partial charge in [0, 0.05) is 21.2 Å². The van der Waals surface area contributed by atoms with Gasteiger partial charge in [0.05, 0.1) is 0 Å². The van der Waals surface area contributed by atoms with Crippen LogP contribution in [0.25, 0.3) is 0 Å². The van der Waals surface area contributed by atoms with Crippen LogP contribution in [0.4, 0.5) is 4.39 Å². The van der Waals surface area contributed by atoms with Crippen LogP contribution in [-0.2, 0) is 6.42 Å². The van der Waals surface area contributed by atoms with Crippen molar-refractivity contribution in [3.05, 3.63) is 64.4 Å². The van der Waals surface area contributed by atoms with Gasteiger partial charge in [-0.3, -0.25) is 0 Å². The van der Waals surface area contributed by atoms with Crippen LogP contribution in [-0.4, -0.2) is 18.3 Å². The lowest BCUT2D eigenvalue weighted by atomic mass is 10.1. The maximum atomic E-state index is 13.2. The lowest BCUT2D eigenvalue weighted by molar-refractivity contribution is 0.570. The monoisotopic (exact) mass is 367 g/mol. The Labute approximate surface area is 138 Å². The summed E-state index contributed by atoms with van der Waals surface area (Å²) in [4.78, 5) is 1.28. The average Bonchev–Trinajstić information content (AvgIpc) is 2.49. The second kappa shape index (κ2) is 8.57. The molecule has 1 nitrogen and oxygen atoms in total. The summed E-state index contributed by atoms with van der Waals surface area (Å²) in [5, 5.41) is 3.51. The van der Waals surface area contributed by atoms with E-state index in [2.05, 4.69) is 52.4 Å². The number of halogens is 2. The van der Waals surface area contributed by atoms with E-state index < -0.39 is 0 Å². The summed E-state index contributed by atoms with van der Waals surface area (Å²) in [6, 6.07) is 15.7. The molecule has 0 aliphatic carbocycles. The topological polar surface area (TPSA) is 12.0 Å². The number of hydrogen-bond donors (Lipinski definition) is 1. The smallest absolute Gasteiger partial charge is 0.124 e. The Morgan fingerprint density at radius 1 is 1.19 bits per heavy atom. The van der Waals surface area contributed by atoms with Gasteiger partial charge in [-0.05, 0) is 42.8 Å². The van der Waals surface area contributed by atoms with Crippen molar-refractivity contribution >= 4 is 27.7 Å². The summed E-state index contributed by atoms with van der Waals surface area (Å²) in [7, 11) is 0. The first kappa shape index (κ1) is 16.5. The van der Waals surface area contributed by atoms with Crippen molar-refractivity contribution in [2.24, 2.45) is 0 Å². The molecule has 0 spiro atoms. The molecule has 0 aliphatic rings. The summed E-state index contributed by atoms with van der Waals surface area (Å²) in [5.74, 6) is 0.783. The molecule has 0 bridgehead atoms. The van der Waals surface area contributed by atoms with E-state index in [0.717, 1.165) is 28.8 Å². The molecule has 2 rings (SSSR count). The van der Waals surface area contributed by atoms with Crippen molar-refractivity contribution in [3.63, 3.8) is 0 Å². The summed E-state index contributed by atoms with van der Waals surface area (Å²) < 4.78 is 14.0. The Morgan fingerprint density at radius 3 is 2.62 bits per heavy atom. The fourth-order valence-corrected chi connectivity index (χ4v) is 3.64. The zero-order valence-electron chi connectivity index (χ0n) is 12.0. The minimum atomic E-state index is -0.204. The molecule has 0 aliphatic heterocycles. The van der Waals surface area contributed by atoms with Gasteiger partial charge >= 0.3 is 0 Å². The second-order valence-corrected chi connectivity index (χ2v) is 6.77. The van der Waals surface area contributed by atoms with Gasteiger partial charge in [0.2, 0.25) is 0 Å². The highest BCUT2D eigenvalue weighted by molar-refractivity contribution is 9.10. The first-order chi connectivity index (χ1) is 10.2. The molecule has 0 amide bonds. The number of thioether (sulfide) groups is 1. The van der Waals surface area contributed by atoms with Crippen molar-refractivity contribution in [2.75, 3.05) is 12.3 Å². The quantitative estimate of drug-likeness (QED) is 0.698. The molecule has 2 aromatic carbocycles. The van der Waals surface area contributed by atoms with Crippen molar-refractivity contribution in [1.29, 1.82) is 0 Å². The highest BCUT2D eigenvalue weighted by Crippen LogP contribution is 2.23. The maximum Gasteiger partial charge on any atom is 0.124 e. The Hall–Kier alpha value is -0.840. The van der Waals surface area contributed by atoms with Gasteiger partial charge in [-0.25, -0.2) is 4.39 Å². The predicted octanol–water partition coefficient (Wildman–Crippen LogP) is 4.90. The molecule has 1 unspecified atom stereocenters. The maximum absolute atomic E-state index is 13.2. The van der Waals surface area contributed by atoms with Crippen molar-refractivity contribution in [3.8, 4) is 0 Å². The molecular formula is C17H19BrFNS. The van der Waals surface area contributed by atoms with E-state index >= 15 is 0 Å². The lowest BCUT2D eigenvalue weighted by Gasteiger charge is -2.18. The minimum Gasteiger partial charge on any atom is -0.313 e. The van der Waals surface area contributed by atoms with Crippen LogP contribution < -0.4 is 5.32 Å². The summed E-state index contributed by atoms with van der Waals surface area (Å²) >= 11 is 5.29. The number of hydrogen-bond acceptors (Lipinski definition) is 2. The SMILES string of the molecule is CCNC(CSc1ccccc1)Cc1ccc(F)cc1Br. The van der Waals surface area contributed by atoms with Crippen LogP contribution >= 0.6 is 27.7 Å².